The SMILES string of the molecule is COC(=O)[C@H](CC(N)=O)NC(=O)[C@H](CC(C)C)NC(=O)[C@@H](NC(=O)CCCOc1ccc2ccc(OCCCC(=O)N[C@H](C(=O)N[C@@H](CC(C)C)C(=O)N[C@H](C(=O)OC)C(C)C)C(C)C)nc2c1)[C@@H](C)O. The minimum atomic E-state index is -1.43. The summed E-state index contributed by atoms with van der Waals surface area (Å²) in [7, 11) is 2.32. The van der Waals surface area contributed by atoms with Gasteiger partial charge in [0.1, 0.15) is 42.0 Å². The molecule has 396 valence electrons. The number of fused-ring (bicyclic) bond motifs is 1. The number of nitrogens with two attached hydrogens (primary N) is 1. The van der Waals surface area contributed by atoms with Crippen LogP contribution in [0.4, 0.5) is 0 Å². The number of hydrogen-bond acceptors (Lipinski definition) is 15. The minimum Gasteiger partial charge on any atom is -0.494 e. The Balaban J connectivity index is 1.94. The molecule has 0 radical (unpaired) electrons. The van der Waals surface area contributed by atoms with Crippen LogP contribution in [0, 0.1) is 23.7 Å². The molecule has 0 aliphatic carbocycles. The number of pyridine rings is 1. The zero-order valence-electron chi connectivity index (χ0n) is 42.9. The lowest BCUT2D eigenvalue weighted by Gasteiger charge is -2.28. The quantitative estimate of drug-likeness (QED) is 0.0392. The highest BCUT2D eigenvalue weighted by Crippen LogP contribution is 2.23. The number of aromatic nitrogens is 1. The molecule has 2 aromatic rings. The third kappa shape index (κ3) is 21.5. The molecule has 2 rings (SSSR count). The summed E-state index contributed by atoms with van der Waals surface area (Å²) in [5, 5.41) is 26.9. The van der Waals surface area contributed by atoms with Crippen molar-refractivity contribution in [2.24, 2.45) is 29.4 Å². The number of aliphatic hydroxyl groups excluding tert-OH is 1. The highest BCUT2D eigenvalue weighted by atomic mass is 16.5. The average Bonchev–Trinajstić information content (AvgIpc) is 3.29. The number of ether oxygens (including phenoxy) is 4. The van der Waals surface area contributed by atoms with Gasteiger partial charge in [-0.15, -0.1) is 0 Å². The molecule has 0 aliphatic rings. The molecular weight excluding hydrogens is 925 g/mol. The van der Waals surface area contributed by atoms with Gasteiger partial charge in [-0.05, 0) is 74.5 Å². The number of primary amides is 1. The van der Waals surface area contributed by atoms with Gasteiger partial charge in [-0.25, -0.2) is 14.6 Å². The van der Waals surface area contributed by atoms with Gasteiger partial charge in [0.2, 0.25) is 47.2 Å². The zero-order valence-corrected chi connectivity index (χ0v) is 42.9. The number of carbonyl (C=O) groups is 9. The van der Waals surface area contributed by atoms with Crippen molar-refractivity contribution in [3.05, 3.63) is 30.3 Å². The third-order valence-corrected chi connectivity index (χ3v) is 10.9. The van der Waals surface area contributed by atoms with Crippen molar-refractivity contribution in [1.82, 2.24) is 36.9 Å². The van der Waals surface area contributed by atoms with Crippen LogP contribution in [0.25, 0.3) is 10.9 Å². The van der Waals surface area contributed by atoms with Crippen LogP contribution in [-0.4, -0.2) is 133 Å². The molecule has 0 unspecified atom stereocenters. The summed E-state index contributed by atoms with van der Waals surface area (Å²) in [6, 6.07) is 1.93. The maximum absolute atomic E-state index is 13.5. The molecule has 0 fully saturated rings. The number of aliphatic hydroxyl groups is 1. The fraction of sp³-hybridized carbons (Fsp3) is 0.633. The van der Waals surface area contributed by atoms with Gasteiger partial charge < -0.3 is 61.7 Å². The fourth-order valence-corrected chi connectivity index (χ4v) is 7.13. The van der Waals surface area contributed by atoms with E-state index in [9.17, 15) is 48.3 Å². The molecule has 1 heterocycles. The Morgan fingerprint density at radius 1 is 0.577 bits per heavy atom. The van der Waals surface area contributed by atoms with Crippen molar-refractivity contribution in [3.8, 4) is 11.6 Å². The molecule has 7 amide bonds. The van der Waals surface area contributed by atoms with E-state index in [0.29, 0.717) is 30.0 Å². The maximum Gasteiger partial charge on any atom is 0.328 e. The van der Waals surface area contributed by atoms with Crippen molar-refractivity contribution >= 4 is 64.2 Å². The Kier molecular flexibility index (Phi) is 25.8. The van der Waals surface area contributed by atoms with Crippen LogP contribution in [0.5, 0.6) is 11.6 Å². The predicted octanol–water partition coefficient (Wildman–Crippen LogP) is 1.47. The molecule has 0 bridgehead atoms. The second kappa shape index (κ2) is 30.2. The minimum absolute atomic E-state index is 0.0275. The number of benzene rings is 1. The topological polar surface area (TPSA) is 322 Å². The largest absolute Gasteiger partial charge is 0.494 e. The third-order valence-electron chi connectivity index (χ3n) is 10.9. The summed E-state index contributed by atoms with van der Waals surface area (Å²) in [6.07, 6.45) is -0.976. The van der Waals surface area contributed by atoms with Gasteiger partial charge in [-0.2, -0.15) is 0 Å². The molecule has 22 heteroatoms. The van der Waals surface area contributed by atoms with Crippen molar-refractivity contribution in [1.29, 1.82) is 0 Å². The number of amides is 7. The summed E-state index contributed by atoms with van der Waals surface area (Å²) in [6.45, 7) is 16.0. The van der Waals surface area contributed by atoms with E-state index in [1.807, 2.05) is 19.9 Å². The standard InChI is InChI=1S/C49H76N8O14/c1-26(2)22-34(44(62)54-36(25-37(50)59)48(66)68-10)53-47(65)43(30(9)58)56-39(61)14-12-20-70-32-18-16-31-17-19-40(51-33(31)24-32)71-21-13-15-38(60)55-41(28(5)6)46(64)52-35(23-27(3)4)45(63)57-42(29(7)8)49(67)69-11/h16-19,24,26-30,34-36,41-43,58H,12-15,20-23,25H2,1-11H3,(H2,50,59)(H,52,64)(H,53,65)(H,54,62)(H,55,60)(H,56,61)(H,57,63)/t30-,34+,35+,36+,41+,42+,43+/m1/s1. The van der Waals surface area contributed by atoms with E-state index in [1.54, 1.807) is 65.8 Å². The van der Waals surface area contributed by atoms with E-state index in [0.717, 1.165) is 12.5 Å². The summed E-state index contributed by atoms with van der Waals surface area (Å²) in [5.41, 5.74) is 5.77. The number of carbonyl (C=O) groups excluding carboxylic acids is 9. The molecular formula is C49H76N8O14. The Labute approximate surface area is 415 Å². The zero-order chi connectivity index (χ0) is 53.5. The van der Waals surface area contributed by atoms with Crippen LogP contribution in [0.3, 0.4) is 0 Å². The van der Waals surface area contributed by atoms with Gasteiger partial charge in [0.15, 0.2) is 0 Å². The second-order valence-electron chi connectivity index (χ2n) is 18.9. The van der Waals surface area contributed by atoms with Gasteiger partial charge in [-0.3, -0.25) is 33.6 Å². The Morgan fingerprint density at radius 2 is 1.06 bits per heavy atom. The summed E-state index contributed by atoms with van der Waals surface area (Å²) >= 11 is 0. The molecule has 0 spiro atoms. The van der Waals surface area contributed by atoms with Crippen LogP contribution in [0.2, 0.25) is 0 Å². The van der Waals surface area contributed by atoms with E-state index in [4.69, 9.17) is 19.9 Å². The first-order valence-corrected chi connectivity index (χ1v) is 24.0. The number of methoxy groups -OCH3 is 2. The van der Waals surface area contributed by atoms with Crippen LogP contribution in [-0.2, 0) is 52.6 Å². The Bertz CT molecular complexity index is 2130. The normalized spacial score (nSPS) is 14.3. The monoisotopic (exact) mass is 1000 g/mol. The van der Waals surface area contributed by atoms with Crippen molar-refractivity contribution in [2.75, 3.05) is 27.4 Å². The first-order valence-electron chi connectivity index (χ1n) is 24.0. The smallest absolute Gasteiger partial charge is 0.328 e. The van der Waals surface area contributed by atoms with Crippen LogP contribution in [0.15, 0.2) is 30.3 Å². The number of nitrogens with zero attached hydrogens (tertiary/aromatic N) is 1. The number of esters is 2. The molecule has 0 saturated carbocycles. The molecule has 0 aliphatic heterocycles. The van der Waals surface area contributed by atoms with Gasteiger partial charge in [-0.1, -0.05) is 55.4 Å². The highest BCUT2D eigenvalue weighted by molar-refractivity contribution is 5.95. The molecule has 9 N–H and O–H groups in total. The van der Waals surface area contributed by atoms with E-state index < -0.39 is 96.2 Å². The van der Waals surface area contributed by atoms with Crippen molar-refractivity contribution in [3.63, 3.8) is 0 Å². The number of rotatable bonds is 31. The summed E-state index contributed by atoms with van der Waals surface area (Å²) < 4.78 is 21.2. The van der Waals surface area contributed by atoms with Gasteiger partial charge >= 0.3 is 11.9 Å². The molecule has 22 nitrogen and oxygen atoms in total. The Hall–Kier alpha value is -6.58. The highest BCUT2D eigenvalue weighted by Gasteiger charge is 2.34. The number of nitrogens with one attached hydrogen (secondary N) is 6. The van der Waals surface area contributed by atoms with Gasteiger partial charge in [0, 0.05) is 30.4 Å². The maximum atomic E-state index is 13.5. The van der Waals surface area contributed by atoms with E-state index in [1.165, 1.54) is 14.0 Å². The van der Waals surface area contributed by atoms with Crippen LogP contribution < -0.4 is 47.1 Å². The fourth-order valence-electron chi connectivity index (χ4n) is 7.13. The summed E-state index contributed by atoms with van der Waals surface area (Å²) in [5.74, 6) is -5.90. The molecule has 1 aromatic heterocycles. The van der Waals surface area contributed by atoms with Crippen molar-refractivity contribution < 1.29 is 67.2 Å². The summed E-state index contributed by atoms with van der Waals surface area (Å²) in [4.78, 5) is 120. The first-order chi connectivity index (χ1) is 33.4. The Morgan fingerprint density at radius 3 is 1.55 bits per heavy atom. The van der Waals surface area contributed by atoms with Crippen LogP contribution >= 0.6 is 0 Å². The lowest BCUT2D eigenvalue weighted by atomic mass is 9.98. The average molecular weight is 1000 g/mol. The molecule has 0 saturated heterocycles. The van der Waals surface area contributed by atoms with E-state index in [2.05, 4.69) is 41.6 Å². The van der Waals surface area contributed by atoms with E-state index in [-0.39, 0.29) is 68.5 Å². The second-order valence-corrected chi connectivity index (χ2v) is 18.9. The lowest BCUT2D eigenvalue weighted by molar-refractivity contribution is -0.147. The van der Waals surface area contributed by atoms with E-state index >= 15 is 0 Å². The first kappa shape index (κ1) is 60.5. The number of hydrogen-bond donors (Lipinski definition) is 8. The predicted molar refractivity (Wildman–Crippen MR) is 261 cm³/mol. The van der Waals surface area contributed by atoms with Crippen LogP contribution in [0.1, 0.15) is 107 Å². The molecule has 7 atom stereocenters. The van der Waals surface area contributed by atoms with Gasteiger partial charge in [0.25, 0.3) is 0 Å². The molecule has 1 aromatic carbocycles. The lowest BCUT2D eigenvalue weighted by Crippen LogP contribution is -2.58. The van der Waals surface area contributed by atoms with Crippen molar-refractivity contribution in [2.45, 2.75) is 150 Å². The van der Waals surface area contributed by atoms with Gasteiger partial charge in [0.05, 0.1) is 45.5 Å². The molecule has 71 heavy (non-hydrogen) atoms.